The molecule has 2 saturated heterocycles. The zero-order valence-electron chi connectivity index (χ0n) is 15.2. The summed E-state index contributed by atoms with van der Waals surface area (Å²) in [5, 5.41) is 12.8. The summed E-state index contributed by atoms with van der Waals surface area (Å²) in [6.07, 6.45) is 4.35. The number of nitrogens with one attached hydrogen (secondary N) is 1. The fourth-order valence-corrected chi connectivity index (χ4v) is 6.24. The SMILES string of the molecule is CC[C@@H]1CCc2c(sc(NC(=O)[C@H]3[C@@H](C(=O)O)[C@@H]4CC[C@@H]3O4)c2C(N)=O)C1. The molecule has 0 unspecified atom stereocenters. The molecule has 3 heterocycles. The number of amides is 2. The lowest BCUT2D eigenvalue weighted by molar-refractivity contribution is -0.147. The van der Waals surface area contributed by atoms with Crippen molar-refractivity contribution in [2.45, 2.75) is 57.7 Å². The Morgan fingerprint density at radius 3 is 2.56 bits per heavy atom. The Labute approximate surface area is 161 Å². The Morgan fingerprint density at radius 2 is 1.93 bits per heavy atom. The molecule has 7 nitrogen and oxygen atoms in total. The van der Waals surface area contributed by atoms with Gasteiger partial charge >= 0.3 is 5.97 Å². The molecule has 0 saturated carbocycles. The highest BCUT2D eigenvalue weighted by Gasteiger charge is 2.55. The van der Waals surface area contributed by atoms with E-state index in [-0.39, 0.29) is 12.0 Å². The van der Waals surface area contributed by atoms with Crippen LogP contribution in [0.15, 0.2) is 0 Å². The van der Waals surface area contributed by atoms with Gasteiger partial charge in [0.1, 0.15) is 5.00 Å². The molecule has 0 aromatic carbocycles. The van der Waals surface area contributed by atoms with Gasteiger partial charge in [-0.1, -0.05) is 13.3 Å². The molecule has 2 fully saturated rings. The summed E-state index contributed by atoms with van der Waals surface area (Å²) in [6.45, 7) is 2.15. The highest BCUT2D eigenvalue weighted by Crippen LogP contribution is 2.45. The van der Waals surface area contributed by atoms with E-state index < -0.39 is 29.8 Å². The van der Waals surface area contributed by atoms with E-state index in [9.17, 15) is 19.5 Å². The molecule has 1 aromatic heterocycles. The van der Waals surface area contributed by atoms with Gasteiger partial charge in [-0.25, -0.2) is 0 Å². The second-order valence-electron chi connectivity index (χ2n) is 7.76. The van der Waals surface area contributed by atoms with Crippen LogP contribution in [0.25, 0.3) is 0 Å². The van der Waals surface area contributed by atoms with Gasteiger partial charge in [0.2, 0.25) is 5.91 Å². The number of primary amides is 1. The van der Waals surface area contributed by atoms with Crippen molar-refractivity contribution in [2.24, 2.45) is 23.5 Å². The standard InChI is InChI=1S/C19H24N2O5S/c1-2-8-3-4-9-12(7-8)27-18(13(9)16(20)22)21-17(23)14-10-5-6-11(26-10)15(14)19(24)25/h8,10-11,14-15H,2-7H2,1H3,(H2,20,22)(H,21,23)(H,24,25)/t8-,10+,11+,14-,15+/m1/s1. The van der Waals surface area contributed by atoms with E-state index in [0.29, 0.717) is 29.3 Å². The fraction of sp³-hybridized carbons (Fsp3) is 0.632. The number of carboxylic acid groups (broad SMARTS) is 1. The molecule has 4 rings (SSSR count). The van der Waals surface area contributed by atoms with Crippen LogP contribution in [0.3, 0.4) is 0 Å². The zero-order chi connectivity index (χ0) is 19.3. The molecule has 2 amide bonds. The second-order valence-corrected chi connectivity index (χ2v) is 8.86. The van der Waals surface area contributed by atoms with Crippen LogP contribution in [0, 0.1) is 17.8 Å². The van der Waals surface area contributed by atoms with E-state index in [2.05, 4.69) is 12.2 Å². The largest absolute Gasteiger partial charge is 0.481 e. The highest BCUT2D eigenvalue weighted by molar-refractivity contribution is 7.17. The number of aliphatic carboxylic acids is 1. The number of carbonyl (C=O) groups excluding carboxylic acids is 2. The van der Waals surface area contributed by atoms with Crippen LogP contribution in [-0.4, -0.2) is 35.1 Å². The lowest BCUT2D eigenvalue weighted by atomic mass is 9.78. The number of hydrogen-bond donors (Lipinski definition) is 3. The fourth-order valence-electron chi connectivity index (χ4n) is 4.87. The van der Waals surface area contributed by atoms with Crippen LogP contribution < -0.4 is 11.1 Å². The Kier molecular flexibility index (Phi) is 4.71. The first-order chi connectivity index (χ1) is 12.9. The number of fused-ring (bicyclic) bond motifs is 3. The number of hydrogen-bond acceptors (Lipinski definition) is 5. The van der Waals surface area contributed by atoms with E-state index in [1.54, 1.807) is 0 Å². The summed E-state index contributed by atoms with van der Waals surface area (Å²) in [6, 6.07) is 0. The van der Waals surface area contributed by atoms with Crippen LogP contribution in [0.2, 0.25) is 0 Å². The number of rotatable bonds is 5. The number of carbonyl (C=O) groups is 3. The maximum absolute atomic E-state index is 12.9. The smallest absolute Gasteiger partial charge is 0.310 e. The zero-order valence-corrected chi connectivity index (χ0v) is 16.0. The van der Waals surface area contributed by atoms with Crippen molar-refractivity contribution in [3.63, 3.8) is 0 Å². The quantitative estimate of drug-likeness (QED) is 0.710. The normalized spacial score (nSPS) is 31.5. The third-order valence-electron chi connectivity index (χ3n) is 6.29. The number of nitrogens with two attached hydrogens (primary N) is 1. The van der Waals surface area contributed by atoms with Gasteiger partial charge in [-0.15, -0.1) is 11.3 Å². The van der Waals surface area contributed by atoms with E-state index in [1.807, 2.05) is 0 Å². The lowest BCUT2D eigenvalue weighted by Gasteiger charge is -2.23. The number of anilines is 1. The van der Waals surface area contributed by atoms with E-state index in [1.165, 1.54) is 11.3 Å². The molecule has 1 aromatic rings. The van der Waals surface area contributed by atoms with Gasteiger partial charge < -0.3 is 20.9 Å². The molecular weight excluding hydrogens is 368 g/mol. The van der Waals surface area contributed by atoms with E-state index in [4.69, 9.17) is 10.5 Å². The molecule has 8 heteroatoms. The van der Waals surface area contributed by atoms with Gasteiger partial charge in [-0.05, 0) is 43.6 Å². The first-order valence-electron chi connectivity index (χ1n) is 9.54. The lowest BCUT2D eigenvalue weighted by Crippen LogP contribution is -2.41. The molecule has 2 bridgehead atoms. The van der Waals surface area contributed by atoms with Crippen LogP contribution in [0.1, 0.15) is 53.4 Å². The number of thiophene rings is 1. The van der Waals surface area contributed by atoms with Crippen molar-refractivity contribution in [2.75, 3.05) is 5.32 Å². The topological polar surface area (TPSA) is 119 Å². The van der Waals surface area contributed by atoms with Crippen molar-refractivity contribution in [3.05, 3.63) is 16.0 Å². The van der Waals surface area contributed by atoms with Crippen molar-refractivity contribution >= 4 is 34.1 Å². The van der Waals surface area contributed by atoms with E-state index in [0.717, 1.165) is 36.1 Å². The third-order valence-corrected chi connectivity index (χ3v) is 7.46. The molecule has 27 heavy (non-hydrogen) atoms. The minimum Gasteiger partial charge on any atom is -0.481 e. The highest BCUT2D eigenvalue weighted by atomic mass is 32.1. The van der Waals surface area contributed by atoms with Crippen LogP contribution in [0.5, 0.6) is 0 Å². The summed E-state index contributed by atoms with van der Waals surface area (Å²) < 4.78 is 5.68. The number of ether oxygens (including phenoxy) is 1. The Bertz CT molecular complexity index is 804. The summed E-state index contributed by atoms with van der Waals surface area (Å²) in [5.41, 5.74) is 6.96. The Balaban J connectivity index is 1.61. The van der Waals surface area contributed by atoms with Gasteiger partial charge in [0.05, 0.1) is 29.6 Å². The van der Waals surface area contributed by atoms with Crippen molar-refractivity contribution in [3.8, 4) is 0 Å². The average Bonchev–Trinajstić information content (AvgIpc) is 3.32. The van der Waals surface area contributed by atoms with Gasteiger partial charge in [0.25, 0.3) is 5.91 Å². The molecule has 1 aliphatic carbocycles. The van der Waals surface area contributed by atoms with Gasteiger partial charge in [0, 0.05) is 4.88 Å². The minimum atomic E-state index is -1.01. The predicted molar refractivity (Wildman–Crippen MR) is 99.8 cm³/mol. The van der Waals surface area contributed by atoms with Crippen LogP contribution in [-0.2, 0) is 27.2 Å². The predicted octanol–water partition coefficient (Wildman–Crippen LogP) is 2.18. The second kappa shape index (κ2) is 6.91. The summed E-state index contributed by atoms with van der Waals surface area (Å²) in [4.78, 5) is 37.7. The minimum absolute atomic E-state index is 0.368. The van der Waals surface area contributed by atoms with Crippen molar-refractivity contribution in [1.82, 2.24) is 0 Å². The maximum Gasteiger partial charge on any atom is 0.310 e. The molecule has 2 aliphatic heterocycles. The summed E-state index contributed by atoms with van der Waals surface area (Å²) >= 11 is 1.41. The molecule has 0 radical (unpaired) electrons. The molecule has 4 N–H and O–H groups in total. The van der Waals surface area contributed by atoms with Gasteiger partial charge in [-0.3, -0.25) is 14.4 Å². The Hall–Kier alpha value is -1.93. The van der Waals surface area contributed by atoms with Crippen molar-refractivity contribution in [1.29, 1.82) is 0 Å². The molecule has 146 valence electrons. The van der Waals surface area contributed by atoms with Crippen LogP contribution >= 0.6 is 11.3 Å². The monoisotopic (exact) mass is 392 g/mol. The van der Waals surface area contributed by atoms with Gasteiger partial charge in [0.15, 0.2) is 0 Å². The summed E-state index contributed by atoms with van der Waals surface area (Å²) in [5.74, 6) is -2.92. The maximum atomic E-state index is 12.9. The average molecular weight is 392 g/mol. The van der Waals surface area contributed by atoms with Gasteiger partial charge in [-0.2, -0.15) is 0 Å². The first-order valence-corrected chi connectivity index (χ1v) is 10.4. The van der Waals surface area contributed by atoms with Crippen LogP contribution in [0.4, 0.5) is 5.00 Å². The first kappa shape index (κ1) is 18.4. The molecule has 5 atom stereocenters. The molecule has 0 spiro atoms. The Morgan fingerprint density at radius 1 is 1.22 bits per heavy atom. The van der Waals surface area contributed by atoms with Crippen molar-refractivity contribution < 1.29 is 24.2 Å². The summed E-state index contributed by atoms with van der Waals surface area (Å²) in [7, 11) is 0. The van der Waals surface area contributed by atoms with E-state index >= 15 is 0 Å². The molecular formula is C19H24N2O5S. The third kappa shape index (κ3) is 3.04. The number of carboxylic acids is 1. The molecule has 3 aliphatic rings.